The van der Waals surface area contributed by atoms with Crippen molar-refractivity contribution in [3.8, 4) is 0 Å². The Morgan fingerprint density at radius 3 is 2.15 bits per heavy atom. The minimum Gasteiger partial charge on any atom is -0.339 e. The highest BCUT2D eigenvalue weighted by Crippen LogP contribution is 2.42. The Hall–Kier alpha value is -2.17. The summed E-state index contributed by atoms with van der Waals surface area (Å²) in [6.07, 6.45) is 4.70. The Labute approximate surface area is 160 Å². The van der Waals surface area contributed by atoms with E-state index in [1.165, 1.54) is 4.90 Å². The fourth-order valence-electron chi connectivity index (χ4n) is 4.79. The van der Waals surface area contributed by atoms with E-state index in [0.29, 0.717) is 23.1 Å². The van der Waals surface area contributed by atoms with Gasteiger partial charge >= 0.3 is 0 Å². The Bertz CT molecular complexity index is 749. The molecule has 27 heavy (non-hydrogen) atoms. The summed E-state index contributed by atoms with van der Waals surface area (Å²) in [5.41, 5.74) is 1.22. The number of amides is 3. The molecule has 0 unspecified atom stereocenters. The summed E-state index contributed by atoms with van der Waals surface area (Å²) in [6, 6.07) is 6.99. The van der Waals surface area contributed by atoms with Crippen LogP contribution in [0, 0.1) is 23.7 Å². The zero-order valence-corrected chi connectivity index (χ0v) is 16.2. The van der Waals surface area contributed by atoms with Gasteiger partial charge in [0.15, 0.2) is 0 Å². The zero-order valence-electron chi connectivity index (χ0n) is 16.2. The molecule has 1 aromatic carbocycles. The molecule has 2 aliphatic heterocycles. The molecule has 0 N–H and O–H groups in total. The number of carbonyl (C=O) groups excluding carboxylic acids is 3. The fraction of sp³-hybridized carbons (Fsp3) is 0.591. The first-order valence-corrected chi connectivity index (χ1v) is 10.2. The molecule has 0 radical (unpaired) electrons. The first-order valence-electron chi connectivity index (χ1n) is 10.2. The maximum Gasteiger partial charge on any atom is 0.253 e. The third-order valence-electron chi connectivity index (χ3n) is 6.63. The molecule has 3 aliphatic rings. The maximum absolute atomic E-state index is 12.8. The minimum absolute atomic E-state index is 0.0371. The van der Waals surface area contributed by atoms with Gasteiger partial charge < -0.3 is 4.90 Å². The second kappa shape index (κ2) is 7.10. The Balaban J connectivity index is 1.50. The van der Waals surface area contributed by atoms with Crippen molar-refractivity contribution in [1.82, 2.24) is 4.90 Å². The largest absolute Gasteiger partial charge is 0.339 e. The monoisotopic (exact) mass is 368 g/mol. The highest BCUT2D eigenvalue weighted by atomic mass is 16.2. The predicted molar refractivity (Wildman–Crippen MR) is 103 cm³/mol. The van der Waals surface area contributed by atoms with Gasteiger partial charge in [0.1, 0.15) is 0 Å². The second-order valence-corrected chi connectivity index (χ2v) is 8.66. The average molecular weight is 368 g/mol. The number of nitrogens with zero attached hydrogens (tertiary/aromatic N) is 2. The van der Waals surface area contributed by atoms with Crippen LogP contribution in [0.1, 0.15) is 56.3 Å². The fourth-order valence-corrected chi connectivity index (χ4v) is 4.79. The zero-order chi connectivity index (χ0) is 19.1. The lowest BCUT2D eigenvalue weighted by molar-refractivity contribution is -0.122. The van der Waals surface area contributed by atoms with Gasteiger partial charge in [0.05, 0.1) is 17.5 Å². The van der Waals surface area contributed by atoms with E-state index in [2.05, 4.69) is 13.8 Å². The van der Waals surface area contributed by atoms with Crippen LogP contribution in [0.25, 0.3) is 0 Å². The molecule has 144 valence electrons. The van der Waals surface area contributed by atoms with Crippen LogP contribution in [0.4, 0.5) is 5.69 Å². The number of hydrogen-bond donors (Lipinski definition) is 0. The summed E-state index contributed by atoms with van der Waals surface area (Å²) in [4.78, 5) is 41.5. The highest BCUT2D eigenvalue weighted by Gasteiger charge is 2.49. The lowest BCUT2D eigenvalue weighted by Crippen LogP contribution is -2.38. The van der Waals surface area contributed by atoms with Crippen LogP contribution in [-0.2, 0) is 9.59 Å². The standard InChI is InChI=1S/C22H28N2O3/c1-14-9-11-23(12-10-14)20(25)16-4-6-17(7-5-16)24-21(26)18-8-3-15(2)13-19(18)22(24)27/h4-7,14-15,18-19H,3,8-13H2,1-2H3/t15-,18+,19-/m1/s1. The number of benzene rings is 1. The van der Waals surface area contributed by atoms with Crippen LogP contribution in [0.5, 0.6) is 0 Å². The van der Waals surface area contributed by atoms with Crippen molar-refractivity contribution in [2.24, 2.45) is 23.7 Å². The van der Waals surface area contributed by atoms with Crippen molar-refractivity contribution in [3.63, 3.8) is 0 Å². The summed E-state index contributed by atoms with van der Waals surface area (Å²) in [6.45, 7) is 5.97. The first-order chi connectivity index (χ1) is 13.0. The van der Waals surface area contributed by atoms with Crippen molar-refractivity contribution in [1.29, 1.82) is 0 Å². The van der Waals surface area contributed by atoms with Crippen molar-refractivity contribution in [3.05, 3.63) is 29.8 Å². The van der Waals surface area contributed by atoms with E-state index in [0.717, 1.165) is 45.2 Å². The van der Waals surface area contributed by atoms with Gasteiger partial charge in [0, 0.05) is 18.7 Å². The molecule has 1 saturated carbocycles. The van der Waals surface area contributed by atoms with E-state index in [-0.39, 0.29) is 29.6 Å². The van der Waals surface area contributed by atoms with Gasteiger partial charge in [-0.3, -0.25) is 19.3 Å². The van der Waals surface area contributed by atoms with Gasteiger partial charge in [-0.05, 0) is 68.2 Å². The van der Waals surface area contributed by atoms with Gasteiger partial charge in [0.25, 0.3) is 5.91 Å². The number of fused-ring (bicyclic) bond motifs is 1. The molecule has 0 spiro atoms. The number of hydrogen-bond acceptors (Lipinski definition) is 3. The average Bonchev–Trinajstić information content (AvgIpc) is 2.92. The van der Waals surface area contributed by atoms with Gasteiger partial charge in [-0.25, -0.2) is 0 Å². The summed E-state index contributed by atoms with van der Waals surface area (Å²) in [5.74, 6) is 0.741. The molecule has 3 fully saturated rings. The summed E-state index contributed by atoms with van der Waals surface area (Å²) in [5, 5.41) is 0. The van der Waals surface area contributed by atoms with Crippen molar-refractivity contribution in [2.75, 3.05) is 18.0 Å². The van der Waals surface area contributed by atoms with Gasteiger partial charge in [0.2, 0.25) is 11.8 Å². The molecule has 3 amide bonds. The predicted octanol–water partition coefficient (Wildman–Crippen LogP) is 3.48. The van der Waals surface area contributed by atoms with Crippen molar-refractivity contribution >= 4 is 23.4 Å². The molecule has 3 atom stereocenters. The lowest BCUT2D eigenvalue weighted by Gasteiger charge is -2.30. The summed E-state index contributed by atoms with van der Waals surface area (Å²) >= 11 is 0. The molecule has 5 nitrogen and oxygen atoms in total. The topological polar surface area (TPSA) is 57.7 Å². The van der Waals surface area contributed by atoms with Crippen molar-refractivity contribution < 1.29 is 14.4 Å². The van der Waals surface area contributed by atoms with Crippen LogP contribution < -0.4 is 4.90 Å². The number of likely N-dealkylation sites (tertiary alicyclic amines) is 1. The normalized spacial score (nSPS) is 29.2. The SMILES string of the molecule is CC1CCN(C(=O)c2ccc(N3C(=O)[C@H]4CC[C@@H](C)C[C@H]4C3=O)cc2)CC1. The second-order valence-electron chi connectivity index (χ2n) is 8.66. The Morgan fingerprint density at radius 1 is 0.852 bits per heavy atom. The summed E-state index contributed by atoms with van der Waals surface area (Å²) < 4.78 is 0. The number of rotatable bonds is 2. The Kier molecular flexibility index (Phi) is 4.79. The van der Waals surface area contributed by atoms with Crippen LogP contribution in [0.15, 0.2) is 24.3 Å². The quantitative estimate of drug-likeness (QED) is 0.751. The third kappa shape index (κ3) is 3.28. The smallest absolute Gasteiger partial charge is 0.253 e. The molecule has 1 aliphatic carbocycles. The highest BCUT2D eigenvalue weighted by molar-refractivity contribution is 6.22. The van der Waals surface area contributed by atoms with Gasteiger partial charge in [-0.1, -0.05) is 13.8 Å². The molecule has 5 heteroatoms. The molecule has 2 saturated heterocycles. The van der Waals surface area contributed by atoms with Gasteiger partial charge in [-0.2, -0.15) is 0 Å². The molecule has 2 heterocycles. The number of piperidine rings is 1. The van der Waals surface area contributed by atoms with Crippen LogP contribution in [0.3, 0.4) is 0 Å². The molecule has 0 aromatic heterocycles. The molecule has 4 rings (SSSR count). The van der Waals surface area contributed by atoms with Crippen LogP contribution in [0.2, 0.25) is 0 Å². The molecule has 0 bridgehead atoms. The van der Waals surface area contributed by atoms with Crippen LogP contribution in [-0.4, -0.2) is 35.7 Å². The summed E-state index contributed by atoms with van der Waals surface area (Å²) in [7, 11) is 0. The third-order valence-corrected chi connectivity index (χ3v) is 6.63. The van der Waals surface area contributed by atoms with E-state index in [4.69, 9.17) is 0 Å². The van der Waals surface area contributed by atoms with Gasteiger partial charge in [-0.15, -0.1) is 0 Å². The van der Waals surface area contributed by atoms with E-state index in [1.807, 2.05) is 4.90 Å². The van der Waals surface area contributed by atoms with E-state index in [1.54, 1.807) is 24.3 Å². The number of carbonyl (C=O) groups is 3. The Morgan fingerprint density at radius 2 is 1.48 bits per heavy atom. The minimum atomic E-state index is -0.169. The van der Waals surface area contributed by atoms with E-state index < -0.39 is 0 Å². The molecular formula is C22H28N2O3. The van der Waals surface area contributed by atoms with E-state index >= 15 is 0 Å². The van der Waals surface area contributed by atoms with E-state index in [9.17, 15) is 14.4 Å². The molecular weight excluding hydrogens is 340 g/mol. The van der Waals surface area contributed by atoms with Crippen LogP contribution >= 0.6 is 0 Å². The van der Waals surface area contributed by atoms with Crippen molar-refractivity contribution in [2.45, 2.75) is 46.0 Å². The first kappa shape index (κ1) is 18.2. The number of anilines is 1. The lowest BCUT2D eigenvalue weighted by atomic mass is 9.76. The maximum atomic E-state index is 12.8. The number of imide groups is 1. The molecule has 1 aromatic rings.